The van der Waals surface area contributed by atoms with Crippen LogP contribution in [0.5, 0.6) is 0 Å². The molecular formula is C12H18N2O4. The molecule has 1 atom stereocenters. The Morgan fingerprint density at radius 2 is 2.00 bits per heavy atom. The number of rotatable bonds is 5. The zero-order valence-electron chi connectivity index (χ0n) is 10.7. The molecule has 1 fully saturated rings. The van der Waals surface area contributed by atoms with E-state index in [1.165, 1.54) is 15.9 Å². The Balaban J connectivity index is 2.38. The van der Waals surface area contributed by atoms with E-state index in [-0.39, 0.29) is 17.8 Å². The van der Waals surface area contributed by atoms with Crippen LogP contribution >= 0.6 is 0 Å². The van der Waals surface area contributed by atoms with Gasteiger partial charge in [-0.15, -0.1) is 0 Å². The van der Waals surface area contributed by atoms with Crippen molar-refractivity contribution in [1.29, 1.82) is 0 Å². The van der Waals surface area contributed by atoms with Crippen LogP contribution in [0.15, 0.2) is 12.7 Å². The fraction of sp³-hybridized carbons (Fsp3) is 0.583. The summed E-state index contributed by atoms with van der Waals surface area (Å²) in [5, 5.41) is 0. The fourth-order valence-corrected chi connectivity index (χ4v) is 1.62. The summed E-state index contributed by atoms with van der Waals surface area (Å²) in [7, 11) is 3.26. The molecule has 0 saturated carbocycles. The Labute approximate surface area is 106 Å². The predicted octanol–water partition coefficient (Wildman–Crippen LogP) is -0.205. The number of amides is 2. The molecule has 1 rings (SSSR count). The highest BCUT2D eigenvalue weighted by molar-refractivity contribution is 5.87. The molecule has 1 heterocycles. The molecule has 1 aliphatic heterocycles. The molecule has 0 aromatic carbocycles. The number of carbonyl (C=O) groups is 3. The molecular weight excluding hydrogens is 236 g/mol. The lowest BCUT2D eigenvalue weighted by Gasteiger charge is -2.23. The van der Waals surface area contributed by atoms with Gasteiger partial charge in [0.15, 0.2) is 6.10 Å². The SMILES string of the molecule is C=CC(=O)N(C)CCN(C)C(=O)[C@@H]1CCC(=O)O1. The Morgan fingerprint density at radius 1 is 1.39 bits per heavy atom. The maximum Gasteiger partial charge on any atom is 0.306 e. The van der Waals surface area contributed by atoms with E-state index in [0.717, 1.165) is 0 Å². The van der Waals surface area contributed by atoms with Crippen LogP contribution in [-0.2, 0) is 19.1 Å². The molecule has 0 unspecified atom stereocenters. The van der Waals surface area contributed by atoms with Crippen LogP contribution in [-0.4, -0.2) is 60.9 Å². The molecule has 18 heavy (non-hydrogen) atoms. The van der Waals surface area contributed by atoms with E-state index >= 15 is 0 Å². The molecule has 0 aromatic rings. The lowest BCUT2D eigenvalue weighted by atomic mass is 10.2. The van der Waals surface area contributed by atoms with Gasteiger partial charge in [-0.25, -0.2) is 0 Å². The number of carbonyl (C=O) groups excluding carboxylic acids is 3. The molecule has 100 valence electrons. The lowest BCUT2D eigenvalue weighted by Crippen LogP contribution is -2.41. The second-order valence-corrected chi connectivity index (χ2v) is 4.24. The van der Waals surface area contributed by atoms with Gasteiger partial charge in [-0.1, -0.05) is 6.58 Å². The topological polar surface area (TPSA) is 66.9 Å². The summed E-state index contributed by atoms with van der Waals surface area (Å²) in [4.78, 5) is 37.0. The van der Waals surface area contributed by atoms with Crippen molar-refractivity contribution >= 4 is 17.8 Å². The van der Waals surface area contributed by atoms with Crippen LogP contribution in [0, 0.1) is 0 Å². The molecule has 6 heteroatoms. The number of hydrogen-bond donors (Lipinski definition) is 0. The van der Waals surface area contributed by atoms with Gasteiger partial charge in [-0.3, -0.25) is 14.4 Å². The van der Waals surface area contributed by atoms with Crippen molar-refractivity contribution in [2.24, 2.45) is 0 Å². The van der Waals surface area contributed by atoms with Crippen molar-refractivity contribution in [3.8, 4) is 0 Å². The van der Waals surface area contributed by atoms with E-state index in [0.29, 0.717) is 25.9 Å². The van der Waals surface area contributed by atoms with Gasteiger partial charge >= 0.3 is 5.97 Å². The first-order valence-electron chi connectivity index (χ1n) is 5.77. The van der Waals surface area contributed by atoms with Crippen molar-refractivity contribution in [2.45, 2.75) is 18.9 Å². The van der Waals surface area contributed by atoms with Gasteiger partial charge < -0.3 is 14.5 Å². The minimum absolute atomic E-state index is 0.192. The van der Waals surface area contributed by atoms with Crippen LogP contribution in [0.1, 0.15) is 12.8 Å². The van der Waals surface area contributed by atoms with Crippen molar-refractivity contribution in [1.82, 2.24) is 9.80 Å². The summed E-state index contributed by atoms with van der Waals surface area (Å²) in [6.45, 7) is 4.19. The zero-order valence-corrected chi connectivity index (χ0v) is 10.7. The van der Waals surface area contributed by atoms with Crippen molar-refractivity contribution < 1.29 is 19.1 Å². The first-order valence-corrected chi connectivity index (χ1v) is 5.77. The smallest absolute Gasteiger partial charge is 0.306 e. The van der Waals surface area contributed by atoms with Gasteiger partial charge in [0.25, 0.3) is 5.91 Å². The second-order valence-electron chi connectivity index (χ2n) is 4.24. The first kappa shape index (κ1) is 14.2. The molecule has 1 saturated heterocycles. The molecule has 1 aliphatic rings. The molecule has 0 aromatic heterocycles. The Bertz CT molecular complexity index is 367. The van der Waals surface area contributed by atoms with E-state index in [2.05, 4.69) is 6.58 Å². The highest BCUT2D eigenvalue weighted by atomic mass is 16.6. The molecule has 2 amide bonds. The third kappa shape index (κ3) is 3.58. The highest BCUT2D eigenvalue weighted by Gasteiger charge is 2.31. The Morgan fingerprint density at radius 3 is 2.50 bits per heavy atom. The van der Waals surface area contributed by atoms with E-state index in [4.69, 9.17) is 4.74 Å². The summed E-state index contributed by atoms with van der Waals surface area (Å²) in [5.74, 6) is -0.746. The highest BCUT2D eigenvalue weighted by Crippen LogP contribution is 2.15. The average Bonchev–Trinajstić information content (AvgIpc) is 2.80. The largest absolute Gasteiger partial charge is 0.452 e. The summed E-state index contributed by atoms with van der Waals surface area (Å²) in [5.41, 5.74) is 0. The van der Waals surface area contributed by atoms with E-state index in [1.807, 2.05) is 0 Å². The molecule has 0 bridgehead atoms. The van der Waals surface area contributed by atoms with Gasteiger partial charge in [-0.2, -0.15) is 0 Å². The standard InChI is InChI=1S/C12H18N2O4/c1-4-10(15)13(2)7-8-14(3)12(17)9-5-6-11(16)18-9/h4,9H,1,5-8H2,2-3H3/t9-/m0/s1. The van der Waals surface area contributed by atoms with Gasteiger partial charge in [-0.05, 0) is 6.08 Å². The zero-order chi connectivity index (χ0) is 13.7. The van der Waals surface area contributed by atoms with E-state index in [1.54, 1.807) is 14.1 Å². The Kier molecular flexibility index (Phi) is 4.88. The number of nitrogens with zero attached hydrogens (tertiary/aromatic N) is 2. The van der Waals surface area contributed by atoms with Gasteiger partial charge in [0.05, 0.1) is 0 Å². The van der Waals surface area contributed by atoms with Crippen molar-refractivity contribution in [2.75, 3.05) is 27.2 Å². The second kappa shape index (κ2) is 6.18. The van der Waals surface area contributed by atoms with Crippen LogP contribution in [0.4, 0.5) is 0 Å². The summed E-state index contributed by atoms with van der Waals surface area (Å²) >= 11 is 0. The summed E-state index contributed by atoms with van der Waals surface area (Å²) in [6, 6.07) is 0. The number of esters is 1. The fourth-order valence-electron chi connectivity index (χ4n) is 1.62. The number of ether oxygens (including phenoxy) is 1. The van der Waals surface area contributed by atoms with Gasteiger partial charge in [0.2, 0.25) is 5.91 Å². The minimum Gasteiger partial charge on any atom is -0.452 e. The molecule has 0 radical (unpaired) electrons. The van der Waals surface area contributed by atoms with Crippen LogP contribution in [0.3, 0.4) is 0 Å². The first-order chi connectivity index (χ1) is 8.45. The van der Waals surface area contributed by atoms with Crippen LogP contribution in [0.2, 0.25) is 0 Å². The predicted molar refractivity (Wildman–Crippen MR) is 64.6 cm³/mol. The van der Waals surface area contributed by atoms with Gasteiger partial charge in [0, 0.05) is 40.0 Å². The maximum atomic E-state index is 11.9. The Hall–Kier alpha value is -1.85. The van der Waals surface area contributed by atoms with E-state index in [9.17, 15) is 14.4 Å². The van der Waals surface area contributed by atoms with Gasteiger partial charge in [0.1, 0.15) is 0 Å². The number of cyclic esters (lactones) is 1. The maximum absolute atomic E-state index is 11.9. The average molecular weight is 254 g/mol. The number of likely N-dealkylation sites (N-methyl/N-ethyl adjacent to an activating group) is 2. The molecule has 0 N–H and O–H groups in total. The number of hydrogen-bond acceptors (Lipinski definition) is 4. The third-order valence-electron chi connectivity index (χ3n) is 2.86. The van der Waals surface area contributed by atoms with Crippen LogP contribution < -0.4 is 0 Å². The van der Waals surface area contributed by atoms with Crippen LogP contribution in [0.25, 0.3) is 0 Å². The molecule has 6 nitrogen and oxygen atoms in total. The molecule has 0 aliphatic carbocycles. The minimum atomic E-state index is -0.664. The monoisotopic (exact) mass is 254 g/mol. The van der Waals surface area contributed by atoms with E-state index < -0.39 is 6.10 Å². The quantitative estimate of drug-likeness (QED) is 0.503. The third-order valence-corrected chi connectivity index (χ3v) is 2.86. The van der Waals surface area contributed by atoms with Crippen molar-refractivity contribution in [3.63, 3.8) is 0 Å². The molecule has 0 spiro atoms. The lowest BCUT2D eigenvalue weighted by molar-refractivity contribution is -0.152. The van der Waals surface area contributed by atoms with Crippen molar-refractivity contribution in [3.05, 3.63) is 12.7 Å². The summed E-state index contributed by atoms with van der Waals surface area (Å²) in [6.07, 6.45) is 1.28. The normalized spacial score (nSPS) is 18.1. The summed E-state index contributed by atoms with van der Waals surface area (Å²) < 4.78 is 4.89.